The summed E-state index contributed by atoms with van der Waals surface area (Å²) in [5.74, 6) is -1.14. The minimum absolute atomic E-state index is 0.123. The molecule has 7 heteroatoms. The lowest BCUT2D eigenvalue weighted by molar-refractivity contribution is 0.253. The summed E-state index contributed by atoms with van der Waals surface area (Å²) < 4.78 is 25.9. The Bertz CT molecular complexity index is 577. The summed E-state index contributed by atoms with van der Waals surface area (Å²) >= 11 is 0. The van der Waals surface area contributed by atoms with E-state index in [-0.39, 0.29) is 5.69 Å². The third kappa shape index (κ3) is 3.63. The molecule has 98 valence electrons. The lowest BCUT2D eigenvalue weighted by atomic mass is 10.3. The second-order valence-corrected chi connectivity index (χ2v) is 3.54. The van der Waals surface area contributed by atoms with Gasteiger partial charge < -0.3 is 5.32 Å². The molecule has 2 aromatic rings. The van der Waals surface area contributed by atoms with Gasteiger partial charge in [-0.2, -0.15) is 0 Å². The van der Waals surface area contributed by atoms with Crippen LogP contribution < -0.4 is 16.2 Å². The zero-order valence-electron chi connectivity index (χ0n) is 9.65. The number of rotatable bonds is 3. The number of aromatic nitrogens is 1. The van der Waals surface area contributed by atoms with Crippen molar-refractivity contribution in [1.82, 2.24) is 10.4 Å². The summed E-state index contributed by atoms with van der Waals surface area (Å²) in [4.78, 5) is 15.4. The van der Waals surface area contributed by atoms with Gasteiger partial charge in [0.1, 0.15) is 17.5 Å². The third-order valence-electron chi connectivity index (χ3n) is 2.15. The van der Waals surface area contributed by atoms with E-state index in [1.165, 1.54) is 0 Å². The maximum atomic E-state index is 13.3. The molecule has 0 spiro atoms. The van der Waals surface area contributed by atoms with Crippen LogP contribution >= 0.6 is 0 Å². The van der Waals surface area contributed by atoms with Gasteiger partial charge in [0.05, 0.1) is 5.69 Å². The van der Waals surface area contributed by atoms with Gasteiger partial charge in [0.25, 0.3) is 0 Å². The van der Waals surface area contributed by atoms with E-state index in [1.54, 1.807) is 24.4 Å². The standard InChI is InChI=1S/C12H10F2N4O/c13-8-4-5-10(9(14)7-8)16-12(19)18-17-11-3-1-2-6-15-11/h1-7H,(H,15,17)(H2,16,18,19). The fraction of sp³-hybridized carbons (Fsp3) is 0. The van der Waals surface area contributed by atoms with E-state index in [4.69, 9.17) is 0 Å². The molecule has 0 aliphatic rings. The van der Waals surface area contributed by atoms with Crippen LogP contribution in [0, 0.1) is 11.6 Å². The Balaban J connectivity index is 1.91. The summed E-state index contributed by atoms with van der Waals surface area (Å²) in [6.07, 6.45) is 1.54. The quantitative estimate of drug-likeness (QED) is 0.746. The Labute approximate surface area is 107 Å². The highest BCUT2D eigenvalue weighted by molar-refractivity contribution is 5.89. The smallest absolute Gasteiger partial charge is 0.304 e. The maximum Gasteiger partial charge on any atom is 0.337 e. The number of benzene rings is 1. The van der Waals surface area contributed by atoms with Gasteiger partial charge in [-0.05, 0) is 24.3 Å². The average Bonchev–Trinajstić information content (AvgIpc) is 2.41. The number of hydrogen-bond acceptors (Lipinski definition) is 3. The zero-order chi connectivity index (χ0) is 13.7. The van der Waals surface area contributed by atoms with Gasteiger partial charge in [0.15, 0.2) is 0 Å². The molecule has 5 nitrogen and oxygen atoms in total. The van der Waals surface area contributed by atoms with Crippen LogP contribution in [0.15, 0.2) is 42.6 Å². The van der Waals surface area contributed by atoms with Crippen LogP contribution in [0.25, 0.3) is 0 Å². The highest BCUT2D eigenvalue weighted by Gasteiger charge is 2.07. The van der Waals surface area contributed by atoms with Gasteiger partial charge in [-0.3, -0.25) is 10.9 Å². The number of carbonyl (C=O) groups is 1. The van der Waals surface area contributed by atoms with E-state index in [2.05, 4.69) is 21.2 Å². The number of anilines is 2. The molecule has 1 heterocycles. The molecule has 0 unspecified atom stereocenters. The van der Waals surface area contributed by atoms with Gasteiger partial charge in [0.2, 0.25) is 0 Å². The van der Waals surface area contributed by atoms with Crippen molar-refractivity contribution in [2.24, 2.45) is 0 Å². The number of pyridine rings is 1. The Morgan fingerprint density at radius 1 is 1.16 bits per heavy atom. The first-order valence-corrected chi connectivity index (χ1v) is 5.34. The molecule has 0 fully saturated rings. The van der Waals surface area contributed by atoms with Gasteiger partial charge in [-0.15, -0.1) is 0 Å². The molecule has 0 bridgehead atoms. The lowest BCUT2D eigenvalue weighted by Crippen LogP contribution is -2.34. The van der Waals surface area contributed by atoms with Crippen LogP contribution in [0.2, 0.25) is 0 Å². The molecule has 2 rings (SSSR count). The van der Waals surface area contributed by atoms with Crippen LogP contribution in [0.1, 0.15) is 0 Å². The van der Waals surface area contributed by atoms with Crippen molar-refractivity contribution in [2.45, 2.75) is 0 Å². The van der Waals surface area contributed by atoms with E-state index in [0.717, 1.165) is 12.1 Å². The molecule has 1 aromatic carbocycles. The molecule has 0 radical (unpaired) electrons. The van der Waals surface area contributed by atoms with Crippen molar-refractivity contribution in [3.05, 3.63) is 54.2 Å². The van der Waals surface area contributed by atoms with Crippen molar-refractivity contribution in [3.8, 4) is 0 Å². The number of hydrogen-bond donors (Lipinski definition) is 3. The molecule has 19 heavy (non-hydrogen) atoms. The summed E-state index contributed by atoms with van der Waals surface area (Å²) in [6.45, 7) is 0. The van der Waals surface area contributed by atoms with Gasteiger partial charge >= 0.3 is 6.03 Å². The van der Waals surface area contributed by atoms with Crippen molar-refractivity contribution in [3.63, 3.8) is 0 Å². The maximum absolute atomic E-state index is 13.3. The molecular formula is C12H10F2N4O. The van der Waals surface area contributed by atoms with Crippen molar-refractivity contribution in [1.29, 1.82) is 0 Å². The summed E-state index contributed by atoms with van der Waals surface area (Å²) in [5.41, 5.74) is 4.67. The molecule has 0 aliphatic heterocycles. The van der Waals surface area contributed by atoms with E-state index >= 15 is 0 Å². The zero-order valence-corrected chi connectivity index (χ0v) is 9.65. The lowest BCUT2D eigenvalue weighted by Gasteiger charge is -2.09. The average molecular weight is 264 g/mol. The fourth-order valence-electron chi connectivity index (χ4n) is 1.30. The number of amides is 2. The fourth-order valence-corrected chi connectivity index (χ4v) is 1.30. The Hall–Kier alpha value is -2.70. The highest BCUT2D eigenvalue weighted by Crippen LogP contribution is 2.14. The molecule has 2 amide bonds. The topological polar surface area (TPSA) is 66.0 Å². The molecule has 0 saturated heterocycles. The van der Waals surface area contributed by atoms with Crippen molar-refractivity contribution < 1.29 is 13.6 Å². The second-order valence-electron chi connectivity index (χ2n) is 3.54. The van der Waals surface area contributed by atoms with Crippen LogP contribution in [-0.4, -0.2) is 11.0 Å². The molecule has 0 aliphatic carbocycles. The number of hydrazine groups is 1. The van der Waals surface area contributed by atoms with Crippen LogP contribution in [0.3, 0.4) is 0 Å². The highest BCUT2D eigenvalue weighted by atomic mass is 19.1. The largest absolute Gasteiger partial charge is 0.337 e. The number of halogens is 2. The Morgan fingerprint density at radius 3 is 2.68 bits per heavy atom. The number of carbonyl (C=O) groups excluding carboxylic acids is 1. The normalized spacial score (nSPS) is 9.79. The summed E-state index contributed by atoms with van der Waals surface area (Å²) in [6, 6.07) is 7.25. The van der Waals surface area contributed by atoms with E-state index in [0.29, 0.717) is 11.9 Å². The molecule has 1 aromatic heterocycles. The number of urea groups is 1. The minimum atomic E-state index is -0.854. The predicted molar refractivity (Wildman–Crippen MR) is 66.4 cm³/mol. The minimum Gasteiger partial charge on any atom is -0.304 e. The predicted octanol–water partition coefficient (Wildman–Crippen LogP) is 2.51. The summed E-state index contributed by atoms with van der Waals surface area (Å²) in [7, 11) is 0. The van der Waals surface area contributed by atoms with Crippen LogP contribution in [0.5, 0.6) is 0 Å². The van der Waals surface area contributed by atoms with Gasteiger partial charge in [-0.25, -0.2) is 18.6 Å². The SMILES string of the molecule is O=C(NNc1ccccn1)Nc1ccc(F)cc1F. The molecular weight excluding hydrogens is 254 g/mol. The van der Waals surface area contributed by atoms with E-state index in [1.807, 2.05) is 0 Å². The Morgan fingerprint density at radius 2 is 2.00 bits per heavy atom. The van der Waals surface area contributed by atoms with Crippen molar-refractivity contribution >= 4 is 17.5 Å². The number of nitrogens with zero attached hydrogens (tertiary/aromatic N) is 1. The molecule has 0 atom stereocenters. The molecule has 0 saturated carbocycles. The molecule has 3 N–H and O–H groups in total. The van der Waals surface area contributed by atoms with E-state index in [9.17, 15) is 13.6 Å². The first kappa shape index (κ1) is 12.7. The first-order chi connectivity index (χ1) is 9.15. The van der Waals surface area contributed by atoms with Gasteiger partial charge in [0, 0.05) is 12.3 Å². The summed E-state index contributed by atoms with van der Waals surface area (Å²) in [5, 5.41) is 2.23. The van der Waals surface area contributed by atoms with Gasteiger partial charge in [-0.1, -0.05) is 6.07 Å². The monoisotopic (exact) mass is 264 g/mol. The van der Waals surface area contributed by atoms with E-state index < -0.39 is 17.7 Å². The third-order valence-corrected chi connectivity index (χ3v) is 2.15. The second kappa shape index (κ2) is 5.76. The first-order valence-electron chi connectivity index (χ1n) is 5.34. The van der Waals surface area contributed by atoms with Crippen LogP contribution in [0.4, 0.5) is 25.1 Å². The van der Waals surface area contributed by atoms with Crippen molar-refractivity contribution in [2.75, 3.05) is 10.7 Å². The number of nitrogens with one attached hydrogen (secondary N) is 3. The van der Waals surface area contributed by atoms with Crippen LogP contribution in [-0.2, 0) is 0 Å². The Kier molecular flexibility index (Phi) is 3.87.